The molecule has 18 heteroatoms. The van der Waals surface area contributed by atoms with E-state index in [1.165, 1.54) is 18.2 Å². The number of halogens is 9. The van der Waals surface area contributed by atoms with Gasteiger partial charge in [-0.1, -0.05) is 61.5 Å². The maximum absolute atomic E-state index is 14.3. The molecule has 0 heterocycles. The third-order valence-corrected chi connectivity index (χ3v) is 7.62. The third-order valence-electron chi connectivity index (χ3n) is 5.17. The molecule has 2 aromatic rings. The lowest BCUT2D eigenvalue weighted by atomic mass is 9.99. The second kappa shape index (κ2) is 10.9. The number of alkyl halides is 9. The van der Waals surface area contributed by atoms with Crippen LogP contribution in [0.4, 0.5) is 39.5 Å². The number of hydrogen-bond acceptors (Lipinski definition) is 7. The van der Waals surface area contributed by atoms with Crippen molar-refractivity contribution >= 4 is 25.9 Å². The number of nitrogens with zero attached hydrogens (tertiary/aromatic N) is 1. The summed E-state index contributed by atoms with van der Waals surface area (Å²) in [4.78, 5) is 0. The van der Waals surface area contributed by atoms with Gasteiger partial charge in [-0.15, -0.1) is 0 Å². The van der Waals surface area contributed by atoms with E-state index in [1.807, 2.05) is 5.16 Å². The second-order valence-electron chi connectivity index (χ2n) is 7.86. The summed E-state index contributed by atoms with van der Waals surface area (Å²) in [6.45, 7) is 3.50. The van der Waals surface area contributed by atoms with Gasteiger partial charge in [-0.05, 0) is 30.0 Å². The first-order chi connectivity index (χ1) is 17.6. The molecule has 7 nitrogen and oxygen atoms in total. The lowest BCUT2D eigenvalue weighted by Gasteiger charge is -2.30. The van der Waals surface area contributed by atoms with E-state index in [9.17, 15) is 56.3 Å². The van der Waals surface area contributed by atoms with E-state index in [0.29, 0.717) is 24.1 Å². The summed E-state index contributed by atoms with van der Waals surface area (Å²) < 4.78 is 179. The molecule has 0 saturated heterocycles. The standard InChI is InChI=1S/C21H18F9NO6S2/c1-3-13(2)14-9-11-16(12-10-14)36-38(32,33)20(27,28)19(25,26)21(29,30)39(34,35)37-31-17(18(22,23)24)15-7-5-4-6-8-15/h4-13H,3H2,1-2H3. The fourth-order valence-corrected chi connectivity index (χ4v) is 4.43. The zero-order valence-electron chi connectivity index (χ0n) is 19.6. The Morgan fingerprint density at radius 3 is 1.74 bits per heavy atom. The van der Waals surface area contributed by atoms with Crippen LogP contribution in [0.15, 0.2) is 59.8 Å². The van der Waals surface area contributed by atoms with Crippen LogP contribution in [0.5, 0.6) is 5.75 Å². The van der Waals surface area contributed by atoms with Crippen molar-refractivity contribution in [2.75, 3.05) is 0 Å². The van der Waals surface area contributed by atoms with Gasteiger partial charge in [0.05, 0.1) is 0 Å². The lowest BCUT2D eigenvalue weighted by Crippen LogP contribution is -2.61. The molecule has 0 amide bonds. The van der Waals surface area contributed by atoms with Crippen LogP contribution in [0.1, 0.15) is 37.3 Å². The van der Waals surface area contributed by atoms with Crippen molar-refractivity contribution in [3.8, 4) is 5.75 Å². The molecule has 2 aromatic carbocycles. The van der Waals surface area contributed by atoms with Crippen LogP contribution < -0.4 is 4.18 Å². The Labute approximate surface area is 216 Å². The molecule has 0 saturated carbocycles. The molecule has 218 valence electrons. The van der Waals surface area contributed by atoms with Crippen LogP contribution in [-0.2, 0) is 24.5 Å². The highest BCUT2D eigenvalue weighted by molar-refractivity contribution is 7.89. The number of rotatable bonds is 11. The van der Waals surface area contributed by atoms with Gasteiger partial charge < -0.3 is 4.18 Å². The van der Waals surface area contributed by atoms with Crippen LogP contribution in [0, 0.1) is 0 Å². The summed E-state index contributed by atoms with van der Waals surface area (Å²) in [5.41, 5.74) is -2.74. The lowest BCUT2D eigenvalue weighted by molar-refractivity contribution is -0.247. The molecule has 1 unspecified atom stereocenters. The van der Waals surface area contributed by atoms with Gasteiger partial charge in [0.1, 0.15) is 5.75 Å². The average molecular weight is 615 g/mol. The largest absolute Gasteiger partial charge is 0.452 e. The summed E-state index contributed by atoms with van der Waals surface area (Å²) >= 11 is 0. The van der Waals surface area contributed by atoms with Crippen molar-refractivity contribution in [1.82, 2.24) is 0 Å². The van der Waals surface area contributed by atoms with Gasteiger partial charge in [0.25, 0.3) is 0 Å². The highest BCUT2D eigenvalue weighted by Gasteiger charge is 2.84. The first-order valence-electron chi connectivity index (χ1n) is 10.4. The molecule has 0 aliphatic carbocycles. The van der Waals surface area contributed by atoms with E-state index in [1.54, 1.807) is 13.8 Å². The van der Waals surface area contributed by atoms with E-state index < -0.39 is 59.9 Å². The fraction of sp³-hybridized carbons (Fsp3) is 0.381. The van der Waals surface area contributed by atoms with Crippen molar-refractivity contribution < 1.29 is 64.8 Å². The molecule has 2 rings (SSSR count). The van der Waals surface area contributed by atoms with Crippen molar-refractivity contribution in [3.63, 3.8) is 0 Å². The van der Waals surface area contributed by atoms with Crippen molar-refractivity contribution in [1.29, 1.82) is 0 Å². The van der Waals surface area contributed by atoms with E-state index in [0.717, 1.165) is 24.3 Å². The Balaban J connectivity index is 2.43. The van der Waals surface area contributed by atoms with E-state index in [4.69, 9.17) is 0 Å². The van der Waals surface area contributed by atoms with E-state index >= 15 is 0 Å². The molecular weight excluding hydrogens is 597 g/mol. The summed E-state index contributed by atoms with van der Waals surface area (Å²) in [6, 6.07) is 8.29. The molecule has 39 heavy (non-hydrogen) atoms. The summed E-state index contributed by atoms with van der Waals surface area (Å²) in [5, 5.41) is -12.2. The minimum atomic E-state index is -7.49. The Kier molecular flexibility index (Phi) is 8.97. The first-order valence-corrected chi connectivity index (χ1v) is 13.2. The molecule has 0 fully saturated rings. The van der Waals surface area contributed by atoms with Gasteiger partial charge in [0.15, 0.2) is 5.71 Å². The molecule has 0 radical (unpaired) electrons. The van der Waals surface area contributed by atoms with Crippen LogP contribution in [0.25, 0.3) is 0 Å². The van der Waals surface area contributed by atoms with Gasteiger partial charge in [-0.25, -0.2) is 0 Å². The summed E-state index contributed by atoms with van der Waals surface area (Å²) in [5.74, 6) is -8.45. The van der Waals surface area contributed by atoms with Gasteiger partial charge >= 0.3 is 42.8 Å². The molecule has 0 bridgehead atoms. The Morgan fingerprint density at radius 1 is 0.795 bits per heavy atom. The fourth-order valence-electron chi connectivity index (χ4n) is 2.75. The number of hydrogen-bond donors (Lipinski definition) is 0. The quantitative estimate of drug-likeness (QED) is 0.132. The molecule has 0 aromatic heterocycles. The van der Waals surface area contributed by atoms with Gasteiger partial charge in [-0.2, -0.15) is 56.3 Å². The number of oxime groups is 1. The van der Waals surface area contributed by atoms with E-state index in [2.05, 4.69) is 8.47 Å². The molecule has 0 N–H and O–H groups in total. The van der Waals surface area contributed by atoms with Gasteiger partial charge in [0.2, 0.25) is 0 Å². The first kappa shape index (κ1) is 32.2. The maximum atomic E-state index is 14.3. The van der Waals surface area contributed by atoms with E-state index in [-0.39, 0.29) is 5.92 Å². The van der Waals surface area contributed by atoms with Crippen molar-refractivity contribution in [2.45, 2.75) is 48.8 Å². The van der Waals surface area contributed by atoms with Gasteiger partial charge in [0, 0.05) is 5.56 Å². The van der Waals surface area contributed by atoms with Crippen LogP contribution in [0.3, 0.4) is 0 Å². The molecular formula is C21H18F9NO6S2. The molecule has 0 aliphatic rings. The van der Waals surface area contributed by atoms with Gasteiger partial charge in [-0.3, -0.25) is 4.28 Å². The summed E-state index contributed by atoms with van der Waals surface area (Å²) in [7, 11) is -14.5. The number of benzene rings is 2. The maximum Gasteiger partial charge on any atom is 0.452 e. The zero-order valence-corrected chi connectivity index (χ0v) is 21.2. The summed E-state index contributed by atoms with van der Waals surface area (Å²) in [6.07, 6.45) is -5.01. The smallest absolute Gasteiger partial charge is 0.378 e. The zero-order chi connectivity index (χ0) is 30.1. The SMILES string of the molecule is CCC(C)c1ccc(OS(=O)(=O)C(F)(F)C(F)(F)C(F)(F)S(=O)(=O)ON=C(c2ccccc2)C(F)(F)F)cc1. The molecule has 1 atom stereocenters. The van der Waals surface area contributed by atoms with Crippen molar-refractivity contribution in [3.05, 3.63) is 65.7 Å². The van der Waals surface area contributed by atoms with Crippen LogP contribution in [0.2, 0.25) is 0 Å². The minimum Gasteiger partial charge on any atom is -0.378 e. The highest BCUT2D eigenvalue weighted by atomic mass is 32.2. The molecule has 0 spiro atoms. The highest BCUT2D eigenvalue weighted by Crippen LogP contribution is 2.51. The van der Waals surface area contributed by atoms with Crippen LogP contribution in [-0.4, -0.2) is 45.2 Å². The Bertz CT molecular complexity index is 1390. The predicted octanol–water partition coefficient (Wildman–Crippen LogP) is 6.04. The topological polar surface area (TPSA) is 99.1 Å². The Morgan fingerprint density at radius 2 is 1.28 bits per heavy atom. The normalized spacial score (nSPS) is 15.1. The Hall–Kier alpha value is -3.02. The predicted molar refractivity (Wildman–Crippen MR) is 119 cm³/mol. The van der Waals surface area contributed by atoms with Crippen LogP contribution >= 0.6 is 0 Å². The minimum absolute atomic E-state index is 0.104. The monoisotopic (exact) mass is 615 g/mol. The average Bonchev–Trinajstić information content (AvgIpc) is 2.83. The van der Waals surface area contributed by atoms with Crippen molar-refractivity contribution in [2.24, 2.45) is 5.16 Å². The molecule has 0 aliphatic heterocycles. The second-order valence-corrected chi connectivity index (χ2v) is 11.0. The third kappa shape index (κ3) is 6.26.